The zero-order valence-electron chi connectivity index (χ0n) is 6.72. The normalized spacial score (nSPS) is 10.6. The summed E-state index contributed by atoms with van der Waals surface area (Å²) in [7, 11) is 0. The molecule has 0 aliphatic rings. The molecule has 1 amide bonds. The molecule has 0 unspecified atom stereocenters. The van der Waals surface area contributed by atoms with Gasteiger partial charge in [-0.05, 0) is 13.8 Å². The fourth-order valence-electron chi connectivity index (χ4n) is 0.881. The Hall–Kier alpha value is -0.880. The van der Waals surface area contributed by atoms with Crippen molar-refractivity contribution in [3.8, 4) is 6.19 Å². The number of hydrogen-bond donors (Lipinski definition) is 0. The van der Waals surface area contributed by atoms with Gasteiger partial charge in [0.25, 0.3) is 0 Å². The molecule has 0 heterocycles. The Morgan fingerprint density at radius 2 is 1.90 bits per heavy atom. The Labute approximate surface area is 61.5 Å². The van der Waals surface area contributed by atoms with Crippen LogP contribution >= 0.6 is 0 Å². The minimum Gasteiger partial charge on any atom is -0.230 e. The van der Waals surface area contributed by atoms with Crippen LogP contribution in [-0.4, -0.2) is 23.5 Å². The van der Waals surface area contributed by atoms with Crippen molar-refractivity contribution in [2.45, 2.75) is 20.8 Å². The molecule has 0 saturated heterocycles. The van der Waals surface area contributed by atoms with Gasteiger partial charge >= 0.3 is 12.1 Å². The summed E-state index contributed by atoms with van der Waals surface area (Å²) in [4.78, 5) is 10.9. The van der Waals surface area contributed by atoms with Crippen molar-refractivity contribution < 1.29 is 9.28 Å². The zero-order valence-corrected chi connectivity index (χ0v) is 6.72. The van der Waals surface area contributed by atoms with Crippen molar-refractivity contribution >= 4 is 5.91 Å². The predicted molar refractivity (Wildman–Crippen MR) is 37.6 cm³/mol. The average Bonchev–Trinajstić information content (AvgIpc) is 1.92. The summed E-state index contributed by atoms with van der Waals surface area (Å²) in [5.41, 5.74) is 0. The number of nitrogens with zero attached hydrogens (tertiary/aromatic N) is 2. The van der Waals surface area contributed by atoms with Gasteiger partial charge in [0.15, 0.2) is 0 Å². The third kappa shape index (κ3) is 1.34. The second-order valence-corrected chi connectivity index (χ2v) is 2.22. The summed E-state index contributed by atoms with van der Waals surface area (Å²) in [6.07, 6.45) is 2.00. The van der Waals surface area contributed by atoms with Crippen molar-refractivity contribution in [3.63, 3.8) is 0 Å². The predicted octanol–water partition coefficient (Wildman–Crippen LogP) is 0.871. The Morgan fingerprint density at radius 3 is 1.90 bits per heavy atom. The number of quaternary nitrogens is 1. The van der Waals surface area contributed by atoms with Crippen LogP contribution in [0.15, 0.2) is 0 Å². The topological polar surface area (TPSA) is 40.9 Å². The van der Waals surface area contributed by atoms with Gasteiger partial charge in [-0.2, -0.15) is 4.48 Å². The van der Waals surface area contributed by atoms with E-state index in [2.05, 4.69) is 0 Å². The van der Waals surface area contributed by atoms with Gasteiger partial charge in [-0.3, -0.25) is 0 Å². The van der Waals surface area contributed by atoms with E-state index in [1.54, 1.807) is 0 Å². The highest BCUT2D eigenvalue weighted by Crippen LogP contribution is 2.03. The van der Waals surface area contributed by atoms with E-state index in [-0.39, 0.29) is 10.4 Å². The molecule has 3 nitrogen and oxygen atoms in total. The quantitative estimate of drug-likeness (QED) is 0.423. The van der Waals surface area contributed by atoms with Gasteiger partial charge in [-0.25, -0.2) is 4.79 Å². The molecule has 0 radical (unpaired) electrons. The Kier molecular flexibility index (Phi) is 3.04. The van der Waals surface area contributed by atoms with Gasteiger partial charge in [0.05, 0.1) is 20.0 Å². The number of hydrogen-bond acceptors (Lipinski definition) is 2. The number of nitriles is 1. The van der Waals surface area contributed by atoms with Crippen LogP contribution in [0.2, 0.25) is 0 Å². The molecule has 0 saturated carbocycles. The molecule has 10 heavy (non-hydrogen) atoms. The summed E-state index contributed by atoms with van der Waals surface area (Å²) < 4.78 is -0.0694. The van der Waals surface area contributed by atoms with E-state index in [4.69, 9.17) is 5.26 Å². The monoisotopic (exact) mass is 141 g/mol. The summed E-state index contributed by atoms with van der Waals surface area (Å²) in [5.74, 6) is -0.0764. The van der Waals surface area contributed by atoms with Crippen LogP contribution in [0.5, 0.6) is 0 Å². The van der Waals surface area contributed by atoms with Gasteiger partial charge in [-0.15, -0.1) is 5.26 Å². The highest BCUT2D eigenvalue weighted by Gasteiger charge is 2.29. The van der Waals surface area contributed by atoms with Crippen LogP contribution in [0.4, 0.5) is 0 Å². The summed E-state index contributed by atoms with van der Waals surface area (Å²) >= 11 is 0. The second-order valence-electron chi connectivity index (χ2n) is 2.22. The molecule has 0 aromatic heterocycles. The molecular formula is C7H13N2O+. The molecule has 3 heteroatoms. The highest BCUT2D eigenvalue weighted by atomic mass is 16.2. The van der Waals surface area contributed by atoms with E-state index < -0.39 is 0 Å². The van der Waals surface area contributed by atoms with Gasteiger partial charge < -0.3 is 0 Å². The molecule has 0 aromatic carbocycles. The first-order valence-electron chi connectivity index (χ1n) is 3.42. The maximum Gasteiger partial charge on any atom is 0.325 e. The molecule has 0 N–H and O–H groups in total. The molecular weight excluding hydrogens is 128 g/mol. The lowest BCUT2D eigenvalue weighted by Crippen LogP contribution is -2.46. The third-order valence-electron chi connectivity index (χ3n) is 1.87. The highest BCUT2D eigenvalue weighted by molar-refractivity contribution is 5.66. The lowest BCUT2D eigenvalue weighted by atomic mass is 10.4. The summed E-state index contributed by atoms with van der Waals surface area (Å²) in [6, 6.07) is 0. The van der Waals surface area contributed by atoms with Crippen LogP contribution in [0.1, 0.15) is 20.8 Å². The van der Waals surface area contributed by atoms with Gasteiger partial charge in [0, 0.05) is 0 Å². The molecule has 0 bridgehead atoms. The first-order chi connectivity index (χ1) is 4.63. The van der Waals surface area contributed by atoms with E-state index in [0.717, 1.165) is 0 Å². The number of rotatable bonds is 2. The molecule has 0 aliphatic carbocycles. The lowest BCUT2D eigenvalue weighted by Gasteiger charge is -2.21. The molecule has 0 fully saturated rings. The smallest absolute Gasteiger partial charge is 0.230 e. The van der Waals surface area contributed by atoms with Crippen molar-refractivity contribution in [2.24, 2.45) is 0 Å². The largest absolute Gasteiger partial charge is 0.325 e. The SMILES string of the molecule is CC[N+](C#N)(CC)C(C)=O. The molecule has 0 aliphatic heterocycles. The van der Waals surface area contributed by atoms with Gasteiger partial charge in [0.1, 0.15) is 0 Å². The first-order valence-corrected chi connectivity index (χ1v) is 3.42. The summed E-state index contributed by atoms with van der Waals surface area (Å²) in [5, 5.41) is 8.65. The first kappa shape index (κ1) is 9.12. The van der Waals surface area contributed by atoms with Crippen molar-refractivity contribution in [2.75, 3.05) is 13.1 Å². The van der Waals surface area contributed by atoms with Crippen LogP contribution in [0.25, 0.3) is 0 Å². The number of carbonyl (C=O) groups is 1. The minimum atomic E-state index is -0.0764. The number of carbonyl (C=O) groups excluding carboxylic acids is 1. The van der Waals surface area contributed by atoms with E-state index in [1.807, 2.05) is 20.0 Å². The molecule has 0 aromatic rings. The third-order valence-corrected chi connectivity index (χ3v) is 1.87. The van der Waals surface area contributed by atoms with Gasteiger partial charge in [-0.1, -0.05) is 0 Å². The maximum atomic E-state index is 10.9. The van der Waals surface area contributed by atoms with E-state index in [0.29, 0.717) is 13.1 Å². The van der Waals surface area contributed by atoms with E-state index in [9.17, 15) is 4.79 Å². The van der Waals surface area contributed by atoms with E-state index >= 15 is 0 Å². The number of amides is 1. The molecule has 0 rings (SSSR count). The molecule has 56 valence electrons. The van der Waals surface area contributed by atoms with Crippen LogP contribution < -0.4 is 0 Å². The molecule has 0 spiro atoms. The van der Waals surface area contributed by atoms with Crippen molar-refractivity contribution in [1.82, 2.24) is 0 Å². The Bertz CT molecular complexity index is 165. The molecule has 0 atom stereocenters. The Morgan fingerprint density at radius 1 is 1.50 bits per heavy atom. The maximum absolute atomic E-state index is 10.9. The van der Waals surface area contributed by atoms with Gasteiger partial charge in [0.2, 0.25) is 0 Å². The van der Waals surface area contributed by atoms with Crippen LogP contribution in [0, 0.1) is 11.5 Å². The fourth-order valence-corrected chi connectivity index (χ4v) is 0.881. The van der Waals surface area contributed by atoms with E-state index in [1.165, 1.54) is 6.92 Å². The second kappa shape index (κ2) is 3.33. The van der Waals surface area contributed by atoms with Crippen molar-refractivity contribution in [1.29, 1.82) is 5.26 Å². The van der Waals surface area contributed by atoms with Crippen LogP contribution in [-0.2, 0) is 4.79 Å². The zero-order chi connectivity index (χ0) is 8.20. The minimum absolute atomic E-state index is 0.0694. The lowest BCUT2D eigenvalue weighted by molar-refractivity contribution is -0.784. The Balaban J connectivity index is 4.52. The van der Waals surface area contributed by atoms with Crippen LogP contribution in [0.3, 0.4) is 0 Å². The fraction of sp³-hybridized carbons (Fsp3) is 0.714. The summed E-state index contributed by atoms with van der Waals surface area (Å²) in [6.45, 7) is 6.25. The van der Waals surface area contributed by atoms with Crippen molar-refractivity contribution in [3.05, 3.63) is 0 Å². The average molecular weight is 141 g/mol. The standard InChI is InChI=1S/C7H13N2O/c1-4-9(5-2,6-8)7(3)10/h4-5H2,1-3H3/q+1.